The first-order valence-corrected chi connectivity index (χ1v) is 8.47. The summed E-state index contributed by atoms with van der Waals surface area (Å²) < 4.78 is 0. The third kappa shape index (κ3) is 3.18. The lowest BCUT2D eigenvalue weighted by Gasteiger charge is -2.30. The molecule has 1 saturated heterocycles. The predicted octanol–water partition coefficient (Wildman–Crippen LogP) is 1.81. The summed E-state index contributed by atoms with van der Waals surface area (Å²) in [4.78, 5) is 14.9. The molecule has 1 aliphatic heterocycles. The van der Waals surface area contributed by atoms with E-state index in [-0.39, 0.29) is 12.0 Å². The first-order chi connectivity index (χ1) is 10.8. The molecule has 4 nitrogen and oxygen atoms in total. The Labute approximate surface area is 132 Å². The SMILES string of the molecule is O=C(N1CCCCC1)C1(c2ccc(CNCCO)cc2)CC1. The number of aliphatic hydroxyl groups is 1. The Morgan fingerprint density at radius 1 is 1.14 bits per heavy atom. The largest absolute Gasteiger partial charge is 0.395 e. The average Bonchev–Trinajstić information content (AvgIpc) is 3.38. The number of rotatable bonds is 6. The summed E-state index contributed by atoms with van der Waals surface area (Å²) in [6.45, 7) is 3.39. The minimum absolute atomic E-state index is 0.158. The van der Waals surface area contributed by atoms with Crippen LogP contribution >= 0.6 is 0 Å². The Kier molecular flexibility index (Phi) is 4.79. The highest BCUT2D eigenvalue weighted by atomic mass is 16.3. The molecule has 0 radical (unpaired) electrons. The van der Waals surface area contributed by atoms with Gasteiger partial charge in [-0.1, -0.05) is 24.3 Å². The van der Waals surface area contributed by atoms with Crippen molar-refractivity contribution in [2.24, 2.45) is 0 Å². The van der Waals surface area contributed by atoms with Crippen LogP contribution in [-0.4, -0.2) is 42.2 Å². The smallest absolute Gasteiger partial charge is 0.233 e. The van der Waals surface area contributed by atoms with Crippen LogP contribution in [0.1, 0.15) is 43.2 Å². The van der Waals surface area contributed by atoms with Gasteiger partial charge in [-0.15, -0.1) is 0 Å². The maximum atomic E-state index is 12.9. The van der Waals surface area contributed by atoms with Crippen molar-refractivity contribution in [3.8, 4) is 0 Å². The van der Waals surface area contributed by atoms with E-state index in [0.29, 0.717) is 12.5 Å². The number of carbonyl (C=O) groups is 1. The number of aliphatic hydroxyl groups excluding tert-OH is 1. The molecule has 2 aliphatic rings. The van der Waals surface area contributed by atoms with E-state index >= 15 is 0 Å². The standard InChI is InChI=1S/C18H26N2O2/c21-13-10-19-14-15-4-6-16(7-5-15)18(8-9-18)17(22)20-11-2-1-3-12-20/h4-7,19,21H,1-3,8-14H2. The highest BCUT2D eigenvalue weighted by Gasteiger charge is 2.52. The Morgan fingerprint density at radius 3 is 2.41 bits per heavy atom. The zero-order chi connectivity index (χ0) is 15.4. The highest BCUT2D eigenvalue weighted by molar-refractivity contribution is 5.91. The number of nitrogens with zero attached hydrogens (tertiary/aromatic N) is 1. The third-order valence-corrected chi connectivity index (χ3v) is 4.93. The second kappa shape index (κ2) is 6.80. The van der Waals surface area contributed by atoms with Gasteiger partial charge in [0.25, 0.3) is 0 Å². The summed E-state index contributed by atoms with van der Waals surface area (Å²) in [5.74, 6) is 0.346. The molecule has 0 bridgehead atoms. The second-order valence-electron chi connectivity index (χ2n) is 6.53. The monoisotopic (exact) mass is 302 g/mol. The normalized spacial score (nSPS) is 20.0. The van der Waals surface area contributed by atoms with Crippen molar-refractivity contribution in [3.05, 3.63) is 35.4 Å². The van der Waals surface area contributed by atoms with Crippen molar-refractivity contribution in [2.45, 2.75) is 44.1 Å². The Hall–Kier alpha value is -1.39. The predicted molar refractivity (Wildman–Crippen MR) is 86.6 cm³/mol. The van der Waals surface area contributed by atoms with Crippen LogP contribution < -0.4 is 5.32 Å². The number of amides is 1. The van der Waals surface area contributed by atoms with Gasteiger partial charge in [0.15, 0.2) is 0 Å². The lowest BCUT2D eigenvalue weighted by atomic mass is 9.92. The maximum absolute atomic E-state index is 12.9. The minimum Gasteiger partial charge on any atom is -0.395 e. The van der Waals surface area contributed by atoms with E-state index < -0.39 is 0 Å². The maximum Gasteiger partial charge on any atom is 0.233 e. The van der Waals surface area contributed by atoms with Gasteiger partial charge in [0.2, 0.25) is 5.91 Å². The Morgan fingerprint density at radius 2 is 1.82 bits per heavy atom. The summed E-state index contributed by atoms with van der Waals surface area (Å²) >= 11 is 0. The number of benzene rings is 1. The van der Waals surface area contributed by atoms with Crippen molar-refractivity contribution in [1.29, 1.82) is 0 Å². The molecule has 120 valence electrons. The van der Waals surface area contributed by atoms with E-state index in [4.69, 9.17) is 5.11 Å². The Bertz CT molecular complexity index is 502. The van der Waals surface area contributed by atoms with Gasteiger partial charge < -0.3 is 15.3 Å². The number of likely N-dealkylation sites (tertiary alicyclic amines) is 1. The topological polar surface area (TPSA) is 52.6 Å². The molecular formula is C18H26N2O2. The molecule has 1 aromatic rings. The van der Waals surface area contributed by atoms with Crippen LogP contribution in [0.4, 0.5) is 0 Å². The molecule has 1 aliphatic carbocycles. The van der Waals surface area contributed by atoms with Crippen molar-refractivity contribution in [3.63, 3.8) is 0 Å². The van der Waals surface area contributed by atoms with Crippen LogP contribution in [0.15, 0.2) is 24.3 Å². The van der Waals surface area contributed by atoms with Gasteiger partial charge in [-0.2, -0.15) is 0 Å². The lowest BCUT2D eigenvalue weighted by Crippen LogP contribution is -2.42. The number of nitrogens with one attached hydrogen (secondary N) is 1. The minimum atomic E-state index is -0.228. The molecule has 0 spiro atoms. The summed E-state index contributed by atoms with van der Waals surface area (Å²) in [5.41, 5.74) is 2.14. The zero-order valence-corrected chi connectivity index (χ0v) is 13.2. The van der Waals surface area contributed by atoms with E-state index in [0.717, 1.165) is 45.3 Å². The van der Waals surface area contributed by atoms with Crippen LogP contribution in [-0.2, 0) is 16.8 Å². The number of carbonyl (C=O) groups excluding carboxylic acids is 1. The molecule has 0 aromatic heterocycles. The molecule has 4 heteroatoms. The third-order valence-electron chi connectivity index (χ3n) is 4.93. The van der Waals surface area contributed by atoms with E-state index in [9.17, 15) is 4.79 Å². The van der Waals surface area contributed by atoms with Crippen LogP contribution in [0.25, 0.3) is 0 Å². The van der Waals surface area contributed by atoms with E-state index in [1.807, 2.05) is 0 Å². The fourth-order valence-corrected chi connectivity index (χ4v) is 3.40. The molecule has 1 heterocycles. The van der Waals surface area contributed by atoms with Gasteiger partial charge in [0, 0.05) is 26.2 Å². The van der Waals surface area contributed by atoms with Crippen molar-refractivity contribution < 1.29 is 9.90 Å². The number of piperidine rings is 1. The zero-order valence-electron chi connectivity index (χ0n) is 13.2. The van der Waals surface area contributed by atoms with Crippen LogP contribution in [0.3, 0.4) is 0 Å². The van der Waals surface area contributed by atoms with Gasteiger partial charge in [-0.05, 0) is 43.2 Å². The fraction of sp³-hybridized carbons (Fsp3) is 0.611. The first-order valence-electron chi connectivity index (χ1n) is 8.47. The molecular weight excluding hydrogens is 276 g/mol. The molecule has 1 aromatic carbocycles. The summed E-state index contributed by atoms with van der Waals surface area (Å²) in [6, 6.07) is 8.43. The molecule has 1 amide bonds. The van der Waals surface area contributed by atoms with Crippen molar-refractivity contribution in [2.75, 3.05) is 26.2 Å². The molecule has 2 fully saturated rings. The van der Waals surface area contributed by atoms with Gasteiger partial charge >= 0.3 is 0 Å². The van der Waals surface area contributed by atoms with Crippen molar-refractivity contribution >= 4 is 5.91 Å². The van der Waals surface area contributed by atoms with E-state index in [2.05, 4.69) is 34.5 Å². The average molecular weight is 302 g/mol. The van der Waals surface area contributed by atoms with E-state index in [1.165, 1.54) is 17.5 Å². The molecule has 0 atom stereocenters. The number of hydrogen-bond acceptors (Lipinski definition) is 3. The molecule has 1 saturated carbocycles. The Balaban J connectivity index is 1.66. The molecule has 3 rings (SSSR count). The first kappa shape index (κ1) is 15.5. The lowest BCUT2D eigenvalue weighted by molar-refractivity contribution is -0.134. The van der Waals surface area contributed by atoms with Crippen molar-refractivity contribution in [1.82, 2.24) is 10.2 Å². The van der Waals surface area contributed by atoms with Gasteiger partial charge in [0.1, 0.15) is 0 Å². The highest BCUT2D eigenvalue weighted by Crippen LogP contribution is 2.49. The molecule has 22 heavy (non-hydrogen) atoms. The van der Waals surface area contributed by atoms with Gasteiger partial charge in [-0.25, -0.2) is 0 Å². The summed E-state index contributed by atoms with van der Waals surface area (Å²) in [7, 11) is 0. The summed E-state index contributed by atoms with van der Waals surface area (Å²) in [6.07, 6.45) is 5.54. The number of hydrogen-bond donors (Lipinski definition) is 2. The van der Waals surface area contributed by atoms with Crippen LogP contribution in [0.5, 0.6) is 0 Å². The van der Waals surface area contributed by atoms with Crippen LogP contribution in [0.2, 0.25) is 0 Å². The quantitative estimate of drug-likeness (QED) is 0.788. The second-order valence-corrected chi connectivity index (χ2v) is 6.53. The van der Waals surface area contributed by atoms with E-state index in [1.54, 1.807) is 0 Å². The van der Waals surface area contributed by atoms with Gasteiger partial charge in [-0.3, -0.25) is 4.79 Å². The summed E-state index contributed by atoms with van der Waals surface area (Å²) in [5, 5.41) is 12.0. The molecule has 0 unspecified atom stereocenters. The molecule has 2 N–H and O–H groups in total. The van der Waals surface area contributed by atoms with Gasteiger partial charge in [0.05, 0.1) is 12.0 Å². The fourth-order valence-electron chi connectivity index (χ4n) is 3.40. The van der Waals surface area contributed by atoms with Crippen LogP contribution in [0, 0.1) is 0 Å².